The van der Waals surface area contributed by atoms with Crippen molar-refractivity contribution >= 4 is 29.5 Å². The molecule has 1 aliphatic heterocycles. The predicted molar refractivity (Wildman–Crippen MR) is 59.4 cm³/mol. The highest BCUT2D eigenvalue weighted by Crippen LogP contribution is 2.13. The zero-order chi connectivity index (χ0) is 12.0. The predicted octanol–water partition coefficient (Wildman–Crippen LogP) is 1.13. The second-order valence-electron chi connectivity index (χ2n) is 3.41. The van der Waals surface area contributed by atoms with Crippen molar-refractivity contribution in [1.82, 2.24) is 5.06 Å². The van der Waals surface area contributed by atoms with Gasteiger partial charge in [0, 0.05) is 18.6 Å². The second-order valence-corrected chi connectivity index (χ2v) is 4.63. The fraction of sp³-hybridized carbons (Fsp3) is 0.700. The topological polar surface area (TPSA) is 63.7 Å². The minimum Gasteiger partial charge on any atom is -0.330 e. The van der Waals surface area contributed by atoms with Crippen molar-refractivity contribution in [2.75, 3.05) is 11.5 Å². The van der Waals surface area contributed by atoms with E-state index in [2.05, 4.69) is 6.92 Å². The van der Waals surface area contributed by atoms with Gasteiger partial charge in [-0.2, -0.15) is 11.8 Å². The summed E-state index contributed by atoms with van der Waals surface area (Å²) in [5.74, 6) is 0.268. The van der Waals surface area contributed by atoms with E-state index in [0.717, 1.165) is 12.2 Å². The molecule has 0 atom stereocenters. The number of thioether (sulfide) groups is 1. The van der Waals surface area contributed by atoms with E-state index in [0.29, 0.717) is 10.8 Å². The van der Waals surface area contributed by atoms with E-state index < -0.39 is 17.8 Å². The van der Waals surface area contributed by atoms with Crippen LogP contribution in [0.4, 0.5) is 0 Å². The molecule has 5 nitrogen and oxygen atoms in total. The van der Waals surface area contributed by atoms with Gasteiger partial charge in [-0.1, -0.05) is 6.92 Å². The van der Waals surface area contributed by atoms with Crippen LogP contribution in [0.3, 0.4) is 0 Å². The van der Waals surface area contributed by atoms with Crippen molar-refractivity contribution in [3.8, 4) is 0 Å². The summed E-state index contributed by atoms with van der Waals surface area (Å²) in [5.41, 5.74) is 0. The lowest BCUT2D eigenvalue weighted by Crippen LogP contribution is -2.32. The summed E-state index contributed by atoms with van der Waals surface area (Å²) in [6.07, 6.45) is 1.55. The van der Waals surface area contributed by atoms with Crippen LogP contribution < -0.4 is 0 Å². The zero-order valence-electron chi connectivity index (χ0n) is 9.23. The Bertz CT molecular complexity index is 277. The van der Waals surface area contributed by atoms with E-state index in [9.17, 15) is 14.4 Å². The number of hydrogen-bond acceptors (Lipinski definition) is 5. The molecule has 0 aromatic heterocycles. The van der Waals surface area contributed by atoms with E-state index in [1.54, 1.807) is 11.8 Å². The Labute approximate surface area is 98.5 Å². The normalized spacial score (nSPS) is 15.7. The summed E-state index contributed by atoms with van der Waals surface area (Å²) >= 11 is 1.65. The van der Waals surface area contributed by atoms with Crippen molar-refractivity contribution in [3.05, 3.63) is 0 Å². The van der Waals surface area contributed by atoms with Crippen LogP contribution in [-0.4, -0.2) is 34.4 Å². The van der Waals surface area contributed by atoms with Crippen LogP contribution in [0, 0.1) is 0 Å². The highest BCUT2D eigenvalue weighted by Gasteiger charge is 2.32. The van der Waals surface area contributed by atoms with Crippen molar-refractivity contribution in [1.29, 1.82) is 0 Å². The average molecular weight is 245 g/mol. The third-order valence-electron chi connectivity index (χ3n) is 2.00. The maximum atomic E-state index is 11.3. The Morgan fingerprint density at radius 1 is 1.31 bits per heavy atom. The number of carbonyl (C=O) groups excluding carboxylic acids is 3. The number of hydrogen-bond donors (Lipinski definition) is 0. The van der Waals surface area contributed by atoms with E-state index in [-0.39, 0.29) is 19.3 Å². The Hall–Kier alpha value is -1.04. The number of hydroxylamine groups is 2. The van der Waals surface area contributed by atoms with Gasteiger partial charge in [0.15, 0.2) is 0 Å². The van der Waals surface area contributed by atoms with Gasteiger partial charge in [0.25, 0.3) is 11.8 Å². The monoisotopic (exact) mass is 245 g/mol. The molecule has 1 heterocycles. The van der Waals surface area contributed by atoms with Gasteiger partial charge in [-0.05, 0) is 12.2 Å². The molecule has 0 radical (unpaired) electrons. The van der Waals surface area contributed by atoms with Gasteiger partial charge in [-0.3, -0.25) is 9.59 Å². The molecule has 0 aliphatic carbocycles. The molecule has 1 rings (SSSR count). The quantitative estimate of drug-likeness (QED) is 0.518. The van der Waals surface area contributed by atoms with Crippen LogP contribution in [-0.2, 0) is 19.2 Å². The van der Waals surface area contributed by atoms with E-state index in [1.807, 2.05) is 0 Å². The average Bonchev–Trinajstić information content (AvgIpc) is 2.56. The maximum absolute atomic E-state index is 11.3. The molecule has 0 aromatic carbocycles. The molecule has 0 aromatic rings. The van der Waals surface area contributed by atoms with Crippen LogP contribution in [0.1, 0.15) is 32.6 Å². The lowest BCUT2D eigenvalue weighted by atomic mass is 10.4. The number of rotatable bonds is 6. The summed E-state index contributed by atoms with van der Waals surface area (Å²) in [7, 11) is 0. The molecule has 0 N–H and O–H groups in total. The zero-order valence-corrected chi connectivity index (χ0v) is 10.0. The molecule has 1 aliphatic rings. The van der Waals surface area contributed by atoms with Gasteiger partial charge in [-0.15, -0.1) is 5.06 Å². The van der Waals surface area contributed by atoms with Gasteiger partial charge >= 0.3 is 5.97 Å². The lowest BCUT2D eigenvalue weighted by molar-refractivity contribution is -0.197. The fourth-order valence-electron chi connectivity index (χ4n) is 1.21. The highest BCUT2D eigenvalue weighted by molar-refractivity contribution is 7.99. The first kappa shape index (κ1) is 13.0. The lowest BCUT2D eigenvalue weighted by Gasteiger charge is -2.12. The smallest absolute Gasteiger partial charge is 0.330 e. The first-order valence-corrected chi connectivity index (χ1v) is 6.45. The van der Waals surface area contributed by atoms with Crippen LogP contribution in [0.25, 0.3) is 0 Å². The van der Waals surface area contributed by atoms with Crippen LogP contribution in [0.2, 0.25) is 0 Å². The van der Waals surface area contributed by atoms with Crippen molar-refractivity contribution < 1.29 is 19.2 Å². The summed E-state index contributed by atoms with van der Waals surface area (Å²) in [4.78, 5) is 38.2. The highest BCUT2D eigenvalue weighted by atomic mass is 32.2. The molecule has 2 amide bonds. The van der Waals surface area contributed by atoms with Crippen LogP contribution in [0.5, 0.6) is 0 Å². The molecule has 0 spiro atoms. The Morgan fingerprint density at radius 3 is 2.50 bits per heavy atom. The SMILES string of the molecule is CCCSCCC(=O)ON1C(=O)CCC1=O. The van der Waals surface area contributed by atoms with E-state index in [4.69, 9.17) is 4.84 Å². The standard InChI is InChI=1S/C10H15NO4S/c1-2-6-16-7-5-10(14)15-11-8(12)3-4-9(11)13/h2-7H2,1H3. The van der Waals surface area contributed by atoms with Gasteiger partial charge in [0.2, 0.25) is 0 Å². The third kappa shape index (κ3) is 3.84. The van der Waals surface area contributed by atoms with Gasteiger partial charge < -0.3 is 4.84 Å². The molecule has 1 fully saturated rings. The number of amides is 2. The molecule has 1 saturated heterocycles. The minimum atomic E-state index is -0.521. The summed E-state index contributed by atoms with van der Waals surface area (Å²) in [6.45, 7) is 2.06. The first-order chi connectivity index (χ1) is 7.65. The number of carbonyl (C=O) groups is 3. The first-order valence-electron chi connectivity index (χ1n) is 5.29. The van der Waals surface area contributed by atoms with Crippen LogP contribution >= 0.6 is 11.8 Å². The molecule has 0 unspecified atom stereocenters. The molecule has 0 bridgehead atoms. The van der Waals surface area contributed by atoms with E-state index >= 15 is 0 Å². The molecular formula is C10H15NO4S. The maximum Gasteiger partial charge on any atom is 0.334 e. The van der Waals surface area contributed by atoms with Crippen molar-refractivity contribution in [2.45, 2.75) is 32.6 Å². The largest absolute Gasteiger partial charge is 0.334 e. The summed E-state index contributed by atoms with van der Waals surface area (Å²) in [5, 5.41) is 0.590. The minimum absolute atomic E-state index is 0.136. The summed E-state index contributed by atoms with van der Waals surface area (Å²) in [6, 6.07) is 0. The summed E-state index contributed by atoms with van der Waals surface area (Å²) < 4.78 is 0. The molecule has 0 saturated carbocycles. The number of nitrogens with zero attached hydrogens (tertiary/aromatic N) is 1. The molecule has 16 heavy (non-hydrogen) atoms. The molecule has 6 heteroatoms. The Kier molecular flexibility index (Phi) is 5.31. The van der Waals surface area contributed by atoms with E-state index in [1.165, 1.54) is 0 Å². The Balaban J connectivity index is 2.23. The molecular weight excluding hydrogens is 230 g/mol. The second kappa shape index (κ2) is 6.52. The van der Waals surface area contributed by atoms with Gasteiger partial charge in [0.1, 0.15) is 0 Å². The molecule has 90 valence electrons. The third-order valence-corrected chi connectivity index (χ3v) is 3.19. The Morgan fingerprint density at radius 2 is 1.94 bits per heavy atom. The van der Waals surface area contributed by atoms with Gasteiger partial charge in [0.05, 0.1) is 6.42 Å². The fourth-order valence-corrected chi connectivity index (χ4v) is 2.01. The van der Waals surface area contributed by atoms with Crippen molar-refractivity contribution in [3.63, 3.8) is 0 Å². The van der Waals surface area contributed by atoms with Gasteiger partial charge in [-0.25, -0.2) is 4.79 Å². The van der Waals surface area contributed by atoms with Crippen molar-refractivity contribution in [2.24, 2.45) is 0 Å². The van der Waals surface area contributed by atoms with Crippen LogP contribution in [0.15, 0.2) is 0 Å². The number of imide groups is 1.